The third-order valence-electron chi connectivity index (χ3n) is 4.45. The zero-order chi connectivity index (χ0) is 13.3. The summed E-state index contributed by atoms with van der Waals surface area (Å²) in [4.78, 5) is 13.5. The van der Waals surface area contributed by atoms with E-state index in [1.54, 1.807) is 11.3 Å². The van der Waals surface area contributed by atoms with Gasteiger partial charge in [0.05, 0.1) is 20.0 Å². The fourth-order valence-electron chi connectivity index (χ4n) is 4.03. The summed E-state index contributed by atoms with van der Waals surface area (Å²) in [6.45, 7) is 7.89. The quantitative estimate of drug-likeness (QED) is 0.518. The van der Waals surface area contributed by atoms with Crippen molar-refractivity contribution in [2.24, 2.45) is 0 Å². The second kappa shape index (κ2) is 4.98. The highest BCUT2D eigenvalue weighted by atomic mass is 79.9. The second-order valence-corrected chi connectivity index (χ2v) is 7.89. The predicted molar refractivity (Wildman–Crippen MR) is 79.5 cm³/mol. The van der Waals surface area contributed by atoms with Gasteiger partial charge in [-0.1, -0.05) is 0 Å². The molecule has 114 valence electrons. The average Bonchev–Trinajstić information content (AvgIpc) is 2.92. The zero-order valence-corrected chi connectivity index (χ0v) is 15.4. The number of hydrogen-bond acceptors (Lipinski definition) is 5. The van der Waals surface area contributed by atoms with E-state index in [1.165, 1.54) is 5.69 Å². The third kappa shape index (κ3) is 2.21. The van der Waals surface area contributed by atoms with Crippen molar-refractivity contribution in [3.63, 3.8) is 0 Å². The van der Waals surface area contributed by atoms with Crippen LogP contribution in [-0.2, 0) is 6.54 Å². The lowest BCUT2D eigenvalue weighted by atomic mass is 10.2. The van der Waals surface area contributed by atoms with Crippen LogP contribution in [0, 0.1) is 0 Å². The van der Waals surface area contributed by atoms with Crippen LogP contribution in [0.1, 0.15) is 5.69 Å². The number of rotatable bonds is 2. The summed E-state index contributed by atoms with van der Waals surface area (Å²) in [6, 6.07) is 0. The van der Waals surface area contributed by atoms with E-state index in [4.69, 9.17) is 4.98 Å². The van der Waals surface area contributed by atoms with Crippen LogP contribution in [0.5, 0.6) is 0 Å². The number of quaternary nitrogens is 1. The van der Waals surface area contributed by atoms with Crippen molar-refractivity contribution in [3.8, 4) is 0 Å². The second-order valence-electron chi connectivity index (χ2n) is 6.27. The monoisotopic (exact) mass is 434 g/mol. The van der Waals surface area contributed by atoms with Gasteiger partial charge in [-0.2, -0.15) is 0 Å². The van der Waals surface area contributed by atoms with Crippen molar-refractivity contribution in [1.29, 1.82) is 0 Å². The SMILES string of the molecule is Brc1c(C[N+]23CN4CN(CN(C4)C2)C3)nc2sccn12.[Br-]. The van der Waals surface area contributed by atoms with Gasteiger partial charge in [-0.25, -0.2) is 19.7 Å². The van der Waals surface area contributed by atoms with Crippen molar-refractivity contribution in [2.45, 2.75) is 6.54 Å². The third-order valence-corrected chi connectivity index (χ3v) is 6.05. The highest BCUT2D eigenvalue weighted by Gasteiger charge is 2.48. The molecule has 0 atom stereocenters. The molecule has 0 radical (unpaired) electrons. The molecule has 2 aromatic heterocycles. The first-order valence-corrected chi connectivity index (χ1v) is 8.50. The Morgan fingerprint density at radius 1 is 1.14 bits per heavy atom. The summed E-state index contributed by atoms with van der Waals surface area (Å²) in [7, 11) is 0. The lowest BCUT2D eigenvalue weighted by Gasteiger charge is -2.60. The Bertz CT molecular complexity index is 647. The molecule has 21 heavy (non-hydrogen) atoms. The Balaban J connectivity index is 0.00000115. The van der Waals surface area contributed by atoms with E-state index in [-0.39, 0.29) is 17.0 Å². The number of fused-ring (bicyclic) bond motifs is 1. The standard InChI is InChI=1S/C12H16BrN6S.BrH/c13-11-10(14-12-18(11)1-2-20-12)3-19-7-15-4-16(8-19)6-17(5-15)9-19;/h1-2H,3-9H2;1H/q+1;/p-1. The highest BCUT2D eigenvalue weighted by molar-refractivity contribution is 9.10. The predicted octanol–water partition coefficient (Wildman–Crippen LogP) is -1.83. The summed E-state index contributed by atoms with van der Waals surface area (Å²) in [5.74, 6) is 0. The van der Waals surface area contributed by atoms with E-state index >= 15 is 0 Å². The molecule has 0 saturated carbocycles. The normalized spacial score (nSPS) is 37.1. The summed E-state index contributed by atoms with van der Waals surface area (Å²) >= 11 is 5.43. The van der Waals surface area contributed by atoms with Crippen molar-refractivity contribution < 1.29 is 21.5 Å². The molecule has 4 aliphatic heterocycles. The first kappa shape index (κ1) is 14.6. The largest absolute Gasteiger partial charge is 1.00 e. The summed E-state index contributed by atoms with van der Waals surface area (Å²) in [5, 5.41) is 2.08. The lowest BCUT2D eigenvalue weighted by Crippen LogP contribution is -3.00. The maximum Gasteiger partial charge on any atom is 0.194 e. The van der Waals surface area contributed by atoms with E-state index in [0.717, 1.165) is 60.6 Å². The Labute approximate surface area is 146 Å². The highest BCUT2D eigenvalue weighted by Crippen LogP contribution is 2.32. The first-order chi connectivity index (χ1) is 9.71. The van der Waals surface area contributed by atoms with Gasteiger partial charge in [-0.3, -0.25) is 8.88 Å². The number of imidazole rings is 1. The van der Waals surface area contributed by atoms with Crippen LogP contribution in [0.2, 0.25) is 0 Å². The lowest BCUT2D eigenvalue weighted by molar-refractivity contribution is -0.991. The van der Waals surface area contributed by atoms with Crippen LogP contribution >= 0.6 is 27.3 Å². The van der Waals surface area contributed by atoms with Gasteiger partial charge in [-0.05, 0) is 15.9 Å². The van der Waals surface area contributed by atoms with E-state index in [9.17, 15) is 0 Å². The van der Waals surface area contributed by atoms with Gasteiger partial charge in [0.2, 0.25) is 0 Å². The van der Waals surface area contributed by atoms with Crippen LogP contribution in [0.3, 0.4) is 0 Å². The van der Waals surface area contributed by atoms with Crippen molar-refractivity contribution in [1.82, 2.24) is 24.1 Å². The van der Waals surface area contributed by atoms with Crippen LogP contribution in [0.25, 0.3) is 4.96 Å². The maximum absolute atomic E-state index is 4.81. The van der Waals surface area contributed by atoms with E-state index in [1.807, 2.05) is 0 Å². The fraction of sp³-hybridized carbons (Fsp3) is 0.583. The molecule has 6 nitrogen and oxygen atoms in total. The molecule has 0 unspecified atom stereocenters. The van der Waals surface area contributed by atoms with Gasteiger partial charge in [-0.15, -0.1) is 11.3 Å². The summed E-state index contributed by atoms with van der Waals surface area (Å²) in [6.07, 6.45) is 2.09. The minimum absolute atomic E-state index is 0. The zero-order valence-electron chi connectivity index (χ0n) is 11.5. The van der Waals surface area contributed by atoms with Crippen molar-refractivity contribution in [3.05, 3.63) is 21.9 Å². The van der Waals surface area contributed by atoms with Gasteiger partial charge < -0.3 is 17.0 Å². The molecule has 4 aliphatic rings. The maximum atomic E-state index is 4.81. The molecule has 0 spiro atoms. The molecule has 9 heteroatoms. The number of aromatic nitrogens is 2. The molecule has 2 aromatic rings. The average molecular weight is 436 g/mol. The topological polar surface area (TPSA) is 27.0 Å². The number of halogens is 2. The molecular weight excluding hydrogens is 420 g/mol. The van der Waals surface area contributed by atoms with Crippen LogP contribution < -0.4 is 17.0 Å². The molecule has 4 saturated heterocycles. The Hall–Kier alpha value is -0.0300. The van der Waals surface area contributed by atoms with E-state index < -0.39 is 0 Å². The Kier molecular flexibility index (Phi) is 3.45. The number of thiazole rings is 1. The minimum Gasteiger partial charge on any atom is -1.00 e. The molecule has 0 aromatic carbocycles. The molecule has 4 fully saturated rings. The smallest absolute Gasteiger partial charge is 0.194 e. The van der Waals surface area contributed by atoms with Gasteiger partial charge in [0.15, 0.2) is 4.96 Å². The van der Waals surface area contributed by atoms with E-state index in [0.29, 0.717) is 0 Å². The van der Waals surface area contributed by atoms with Crippen LogP contribution in [0.15, 0.2) is 16.2 Å². The van der Waals surface area contributed by atoms with E-state index in [2.05, 4.69) is 46.6 Å². The number of hydrogen-bond donors (Lipinski definition) is 0. The molecule has 6 heterocycles. The first-order valence-electron chi connectivity index (χ1n) is 6.83. The molecule has 0 aliphatic carbocycles. The molecular formula is C12H16Br2N6S. The van der Waals surface area contributed by atoms with Crippen molar-refractivity contribution >= 4 is 32.2 Å². The minimum atomic E-state index is 0. The Morgan fingerprint density at radius 3 is 2.33 bits per heavy atom. The summed E-state index contributed by atoms with van der Waals surface area (Å²) < 4.78 is 4.37. The van der Waals surface area contributed by atoms with Crippen molar-refractivity contribution in [2.75, 3.05) is 40.0 Å². The molecule has 0 N–H and O–H groups in total. The molecule has 4 bridgehead atoms. The van der Waals surface area contributed by atoms with Gasteiger partial charge in [0.25, 0.3) is 0 Å². The fourth-order valence-corrected chi connectivity index (χ4v) is 5.38. The van der Waals surface area contributed by atoms with Crippen LogP contribution in [0.4, 0.5) is 0 Å². The van der Waals surface area contributed by atoms with Crippen LogP contribution in [-0.4, -0.2) is 68.6 Å². The Morgan fingerprint density at radius 2 is 1.76 bits per heavy atom. The summed E-state index contributed by atoms with van der Waals surface area (Å²) in [5.41, 5.74) is 1.20. The van der Waals surface area contributed by atoms with Gasteiger partial charge in [0, 0.05) is 11.6 Å². The number of nitrogens with zero attached hydrogens (tertiary/aromatic N) is 6. The molecule has 0 amide bonds. The van der Waals surface area contributed by atoms with Gasteiger partial charge in [0.1, 0.15) is 36.8 Å². The van der Waals surface area contributed by atoms with Gasteiger partial charge >= 0.3 is 0 Å². The molecule has 6 rings (SSSR count).